The van der Waals surface area contributed by atoms with Gasteiger partial charge in [0.1, 0.15) is 11.2 Å². The monoisotopic (exact) mass is 363 g/mol. The summed E-state index contributed by atoms with van der Waals surface area (Å²) in [5, 5.41) is 0. The van der Waals surface area contributed by atoms with E-state index in [-0.39, 0.29) is 16.2 Å². The molecule has 0 saturated carbocycles. The zero-order valence-corrected chi connectivity index (χ0v) is 18.1. The van der Waals surface area contributed by atoms with E-state index in [2.05, 4.69) is 62.3 Å². The maximum atomic E-state index is 12.8. The van der Waals surface area contributed by atoms with Gasteiger partial charge < -0.3 is 14.4 Å². The molecule has 5 heteroatoms. The van der Waals surface area contributed by atoms with E-state index in [0.29, 0.717) is 11.3 Å². The van der Waals surface area contributed by atoms with Crippen LogP contribution < -0.4 is 0 Å². The van der Waals surface area contributed by atoms with Crippen molar-refractivity contribution in [3.8, 4) is 0 Å². The zero-order chi connectivity index (χ0) is 20.5. The molecule has 0 aromatic rings. The smallest absolute Gasteiger partial charge is 0.355 e. The van der Waals surface area contributed by atoms with E-state index < -0.39 is 17.5 Å². The van der Waals surface area contributed by atoms with E-state index in [1.165, 1.54) is 19.8 Å². The van der Waals surface area contributed by atoms with E-state index in [4.69, 9.17) is 9.47 Å². The topological polar surface area (TPSA) is 55.8 Å². The molecule has 0 N–H and O–H groups in total. The fraction of sp³-hybridized carbons (Fsp3) is 0.714. The van der Waals surface area contributed by atoms with Crippen molar-refractivity contribution in [1.29, 1.82) is 0 Å². The van der Waals surface area contributed by atoms with Crippen LogP contribution in [0.2, 0.25) is 0 Å². The molecule has 26 heavy (non-hydrogen) atoms. The molecule has 0 aromatic carbocycles. The Morgan fingerprint density at radius 2 is 1.27 bits per heavy atom. The lowest BCUT2D eigenvalue weighted by atomic mass is 9.47. The highest BCUT2D eigenvalue weighted by atomic mass is 16.5. The lowest BCUT2D eigenvalue weighted by molar-refractivity contribution is -0.151. The second-order valence-electron chi connectivity index (χ2n) is 10.2. The van der Waals surface area contributed by atoms with Crippen LogP contribution >= 0.6 is 0 Å². The van der Waals surface area contributed by atoms with Gasteiger partial charge in [-0.25, -0.2) is 9.59 Å². The number of nitrogens with zero attached hydrogens (tertiary/aromatic N) is 1. The molecule has 2 aliphatic rings. The summed E-state index contributed by atoms with van der Waals surface area (Å²) in [6.45, 7) is 19.2. The first-order valence-electron chi connectivity index (χ1n) is 9.05. The summed E-state index contributed by atoms with van der Waals surface area (Å²) in [4.78, 5) is 27.4. The number of fused-ring (bicyclic) bond motifs is 1. The third-order valence-electron chi connectivity index (χ3n) is 5.29. The van der Waals surface area contributed by atoms with Gasteiger partial charge in [0.05, 0.1) is 19.8 Å². The number of rotatable bonds is 2. The third kappa shape index (κ3) is 2.35. The second kappa shape index (κ2) is 5.61. The number of carbonyl (C=O) groups excluding carboxylic acids is 2. The Hall–Kier alpha value is -1.78. The maximum absolute atomic E-state index is 12.8. The lowest BCUT2D eigenvalue weighted by Gasteiger charge is -2.72. The molecule has 2 heterocycles. The fourth-order valence-electron chi connectivity index (χ4n) is 4.59. The standard InChI is InChI=1S/C21H33NO4/c1-18(2,3)14-15(19(4,5)6)22-13(17(24)26-11)12(16(23)25-10)21(14,22)20(7,8)9/h1-11H3. The van der Waals surface area contributed by atoms with Crippen molar-refractivity contribution >= 4 is 11.9 Å². The minimum absolute atomic E-state index is 0.173. The lowest BCUT2D eigenvalue weighted by Crippen LogP contribution is -2.77. The Labute approximate surface area is 157 Å². The fourth-order valence-corrected chi connectivity index (χ4v) is 4.59. The van der Waals surface area contributed by atoms with E-state index in [0.717, 1.165) is 5.70 Å². The molecule has 0 amide bonds. The van der Waals surface area contributed by atoms with E-state index in [1.807, 2.05) is 4.90 Å². The van der Waals surface area contributed by atoms with Crippen molar-refractivity contribution in [3.05, 3.63) is 22.5 Å². The molecule has 0 saturated heterocycles. The molecule has 1 atom stereocenters. The van der Waals surface area contributed by atoms with Crippen molar-refractivity contribution in [2.24, 2.45) is 16.2 Å². The molecule has 0 fully saturated rings. The summed E-state index contributed by atoms with van der Waals surface area (Å²) in [7, 11) is 2.69. The van der Waals surface area contributed by atoms with Crippen molar-refractivity contribution in [1.82, 2.24) is 4.90 Å². The molecule has 146 valence electrons. The van der Waals surface area contributed by atoms with Crippen LogP contribution in [0.5, 0.6) is 0 Å². The molecule has 0 radical (unpaired) electrons. The van der Waals surface area contributed by atoms with Gasteiger partial charge in [-0.05, 0) is 16.4 Å². The number of allylic oxidation sites excluding steroid dienone is 1. The van der Waals surface area contributed by atoms with Gasteiger partial charge in [-0.1, -0.05) is 62.3 Å². The summed E-state index contributed by atoms with van der Waals surface area (Å²) < 4.78 is 10.1. The quantitative estimate of drug-likeness (QED) is 0.693. The Kier molecular flexibility index (Phi) is 4.43. The van der Waals surface area contributed by atoms with Gasteiger partial charge in [0.15, 0.2) is 0 Å². The van der Waals surface area contributed by atoms with Crippen LogP contribution in [0.25, 0.3) is 0 Å². The van der Waals surface area contributed by atoms with Crippen LogP contribution in [0.1, 0.15) is 62.3 Å². The SMILES string of the molecule is COC(=O)C1=C(C(=O)OC)C2(C(C)(C)C)C(C(C)(C)C)=C(C(C)(C)C)N12. The highest BCUT2D eigenvalue weighted by Crippen LogP contribution is 2.70. The average Bonchev–Trinajstić information content (AvgIpc) is 2.42. The molecule has 1 unspecified atom stereocenters. The summed E-state index contributed by atoms with van der Waals surface area (Å²) >= 11 is 0. The first-order chi connectivity index (χ1) is 11.6. The van der Waals surface area contributed by atoms with Crippen LogP contribution in [-0.2, 0) is 19.1 Å². The Bertz CT molecular complexity index is 723. The van der Waals surface area contributed by atoms with Gasteiger partial charge in [-0.15, -0.1) is 0 Å². The zero-order valence-electron chi connectivity index (χ0n) is 18.1. The summed E-state index contributed by atoms with van der Waals surface area (Å²) in [5.41, 5.74) is 1.68. The normalized spacial score (nSPS) is 23.3. The predicted molar refractivity (Wildman–Crippen MR) is 101 cm³/mol. The van der Waals surface area contributed by atoms with Crippen LogP contribution in [0.15, 0.2) is 22.5 Å². The van der Waals surface area contributed by atoms with Crippen LogP contribution in [-0.4, -0.2) is 36.6 Å². The maximum Gasteiger partial charge on any atom is 0.355 e. The first-order valence-corrected chi connectivity index (χ1v) is 9.05. The van der Waals surface area contributed by atoms with Gasteiger partial charge in [0, 0.05) is 11.1 Å². The third-order valence-corrected chi connectivity index (χ3v) is 5.29. The number of hydrogen-bond acceptors (Lipinski definition) is 5. The Morgan fingerprint density at radius 1 is 0.808 bits per heavy atom. The molecule has 2 aliphatic heterocycles. The van der Waals surface area contributed by atoms with Crippen LogP contribution in [0.4, 0.5) is 0 Å². The number of methoxy groups -OCH3 is 2. The molecular formula is C21H33NO4. The number of carbonyl (C=O) groups is 2. The van der Waals surface area contributed by atoms with Gasteiger partial charge in [-0.2, -0.15) is 0 Å². The number of hydrogen-bond donors (Lipinski definition) is 0. The summed E-state index contributed by atoms with van der Waals surface area (Å²) in [6.07, 6.45) is 0. The van der Waals surface area contributed by atoms with Gasteiger partial charge in [0.2, 0.25) is 0 Å². The molecule has 0 aliphatic carbocycles. The van der Waals surface area contributed by atoms with Gasteiger partial charge >= 0.3 is 11.9 Å². The van der Waals surface area contributed by atoms with Crippen LogP contribution in [0, 0.1) is 16.2 Å². The van der Waals surface area contributed by atoms with Crippen molar-refractivity contribution in [3.63, 3.8) is 0 Å². The second-order valence-corrected chi connectivity index (χ2v) is 10.2. The number of esters is 2. The minimum atomic E-state index is -0.662. The minimum Gasteiger partial charge on any atom is -0.466 e. The van der Waals surface area contributed by atoms with Crippen molar-refractivity contribution in [2.45, 2.75) is 67.9 Å². The largest absolute Gasteiger partial charge is 0.466 e. The molecule has 0 aromatic heterocycles. The van der Waals surface area contributed by atoms with E-state index >= 15 is 0 Å². The Balaban J connectivity index is 2.92. The highest BCUT2D eigenvalue weighted by molar-refractivity contribution is 6.08. The van der Waals surface area contributed by atoms with Gasteiger partial charge in [-0.3, -0.25) is 0 Å². The molecular weight excluding hydrogens is 330 g/mol. The molecule has 5 nitrogen and oxygen atoms in total. The summed E-state index contributed by atoms with van der Waals surface area (Å²) in [6, 6.07) is 0. The van der Waals surface area contributed by atoms with Crippen molar-refractivity contribution in [2.75, 3.05) is 14.2 Å². The average molecular weight is 363 g/mol. The number of ether oxygens (including phenoxy) is 2. The van der Waals surface area contributed by atoms with E-state index in [9.17, 15) is 9.59 Å². The molecule has 0 bridgehead atoms. The summed E-state index contributed by atoms with van der Waals surface area (Å²) in [5.74, 6) is -0.966. The van der Waals surface area contributed by atoms with Crippen LogP contribution in [0.3, 0.4) is 0 Å². The van der Waals surface area contributed by atoms with Crippen molar-refractivity contribution < 1.29 is 19.1 Å². The Morgan fingerprint density at radius 3 is 1.58 bits per heavy atom. The first kappa shape index (κ1) is 20.5. The predicted octanol–water partition coefficient (Wildman–Crippen LogP) is 4.05. The molecule has 2 rings (SSSR count). The van der Waals surface area contributed by atoms with E-state index in [1.54, 1.807) is 0 Å². The highest BCUT2D eigenvalue weighted by Gasteiger charge is 2.74. The molecule has 0 spiro atoms. The van der Waals surface area contributed by atoms with Gasteiger partial charge in [0.25, 0.3) is 0 Å².